The maximum Gasteiger partial charge on any atom is 0.340 e. The average molecular weight is 375 g/mol. The van der Waals surface area contributed by atoms with Crippen LogP contribution in [0.1, 0.15) is 39.2 Å². The molecule has 0 spiro atoms. The molecule has 0 atom stereocenters. The van der Waals surface area contributed by atoms with Crippen molar-refractivity contribution in [1.29, 1.82) is 5.26 Å². The molecule has 1 heterocycles. The van der Waals surface area contributed by atoms with E-state index in [1.54, 1.807) is 18.2 Å². The van der Waals surface area contributed by atoms with Crippen molar-refractivity contribution in [3.05, 3.63) is 50.9 Å². The Labute approximate surface area is 154 Å². The number of nitrogens with one attached hydrogen (secondary N) is 1. The molecule has 0 radical (unpaired) electrons. The summed E-state index contributed by atoms with van der Waals surface area (Å²) in [5.41, 5.74) is 1.79. The summed E-state index contributed by atoms with van der Waals surface area (Å²) < 4.78 is 5.00. The van der Waals surface area contributed by atoms with Gasteiger partial charge in [-0.3, -0.25) is 4.79 Å². The Bertz CT molecular complexity index is 870. The highest BCUT2D eigenvalue weighted by atomic mass is 35.5. The first-order chi connectivity index (χ1) is 12.1. The number of fused-ring (bicyclic) bond motifs is 1. The fourth-order valence-electron chi connectivity index (χ4n) is 2.77. The number of carbonyl (C=O) groups excluding carboxylic acids is 2. The number of amides is 1. The van der Waals surface area contributed by atoms with Crippen LogP contribution in [0.25, 0.3) is 0 Å². The van der Waals surface area contributed by atoms with Crippen LogP contribution in [0.2, 0.25) is 5.02 Å². The van der Waals surface area contributed by atoms with Gasteiger partial charge in [-0.1, -0.05) is 23.7 Å². The number of hydrogen-bond donors (Lipinski definition) is 1. The Hall–Kier alpha value is -2.36. The predicted octanol–water partition coefficient (Wildman–Crippen LogP) is 3.95. The minimum atomic E-state index is -0.660. The fourth-order valence-corrected chi connectivity index (χ4v) is 4.24. The molecular weight excluding hydrogens is 360 g/mol. The van der Waals surface area contributed by atoms with E-state index in [2.05, 4.69) is 11.4 Å². The SMILES string of the molecule is N#Cc1c(NC(=O)COC(=O)c2ccccc2Cl)sc2c1CCCC2. The maximum atomic E-state index is 12.1. The highest BCUT2D eigenvalue weighted by Gasteiger charge is 2.22. The second-order valence-corrected chi connectivity index (χ2v) is 7.14. The first-order valence-corrected chi connectivity index (χ1v) is 9.05. The zero-order chi connectivity index (χ0) is 17.8. The number of halogens is 1. The Morgan fingerprint density at radius 1 is 1.28 bits per heavy atom. The van der Waals surface area contributed by atoms with Gasteiger partial charge >= 0.3 is 5.97 Å². The number of rotatable bonds is 4. The number of thiophene rings is 1. The van der Waals surface area contributed by atoms with Crippen molar-refractivity contribution in [1.82, 2.24) is 0 Å². The van der Waals surface area contributed by atoms with E-state index in [4.69, 9.17) is 16.3 Å². The highest BCUT2D eigenvalue weighted by molar-refractivity contribution is 7.16. The third-order valence-corrected chi connectivity index (χ3v) is 5.50. The number of benzene rings is 1. The normalized spacial score (nSPS) is 12.8. The van der Waals surface area contributed by atoms with Crippen LogP contribution in [-0.4, -0.2) is 18.5 Å². The van der Waals surface area contributed by atoms with E-state index in [1.807, 2.05) is 0 Å². The number of nitriles is 1. The Morgan fingerprint density at radius 2 is 2.04 bits per heavy atom. The number of ether oxygens (including phenoxy) is 1. The third-order valence-electron chi connectivity index (χ3n) is 3.96. The molecule has 1 amide bonds. The van der Waals surface area contributed by atoms with Crippen LogP contribution in [0.15, 0.2) is 24.3 Å². The van der Waals surface area contributed by atoms with Crippen LogP contribution in [0, 0.1) is 11.3 Å². The van der Waals surface area contributed by atoms with E-state index in [0.717, 1.165) is 36.1 Å². The van der Waals surface area contributed by atoms with Crippen LogP contribution in [0.4, 0.5) is 5.00 Å². The summed E-state index contributed by atoms with van der Waals surface area (Å²) in [5, 5.41) is 12.9. The lowest BCUT2D eigenvalue weighted by molar-refractivity contribution is -0.119. The van der Waals surface area contributed by atoms with Crippen LogP contribution in [0.5, 0.6) is 0 Å². The lowest BCUT2D eigenvalue weighted by Gasteiger charge is -2.09. The Kier molecular flexibility index (Phi) is 5.37. The van der Waals surface area contributed by atoms with E-state index in [-0.39, 0.29) is 10.6 Å². The number of carbonyl (C=O) groups is 2. The van der Waals surface area contributed by atoms with Gasteiger partial charge < -0.3 is 10.1 Å². The molecule has 1 aliphatic carbocycles. The summed E-state index contributed by atoms with van der Waals surface area (Å²) in [6.45, 7) is -0.433. The average Bonchev–Trinajstić information content (AvgIpc) is 2.97. The van der Waals surface area contributed by atoms with E-state index in [1.165, 1.54) is 17.4 Å². The van der Waals surface area contributed by atoms with Gasteiger partial charge in [-0.2, -0.15) is 5.26 Å². The molecule has 0 fully saturated rings. The van der Waals surface area contributed by atoms with Gasteiger partial charge in [-0.15, -0.1) is 11.3 Å². The molecule has 0 bridgehead atoms. The highest BCUT2D eigenvalue weighted by Crippen LogP contribution is 2.37. The molecule has 1 aromatic carbocycles. The smallest absolute Gasteiger partial charge is 0.340 e. The molecule has 0 saturated carbocycles. The van der Waals surface area contributed by atoms with E-state index in [0.29, 0.717) is 10.6 Å². The van der Waals surface area contributed by atoms with Crippen LogP contribution in [0.3, 0.4) is 0 Å². The van der Waals surface area contributed by atoms with Crippen LogP contribution < -0.4 is 5.32 Å². The number of nitrogens with zero attached hydrogens (tertiary/aromatic N) is 1. The largest absolute Gasteiger partial charge is 0.452 e. The quantitative estimate of drug-likeness (QED) is 0.822. The van der Waals surface area contributed by atoms with Gasteiger partial charge in [0, 0.05) is 4.88 Å². The van der Waals surface area contributed by atoms with Gasteiger partial charge in [-0.05, 0) is 43.4 Å². The Balaban J connectivity index is 1.64. The molecule has 2 aromatic rings. The molecule has 7 heteroatoms. The molecule has 0 unspecified atom stereocenters. The van der Waals surface area contributed by atoms with Gasteiger partial charge in [-0.25, -0.2) is 4.79 Å². The van der Waals surface area contributed by atoms with Gasteiger partial charge in [0.15, 0.2) is 6.61 Å². The minimum Gasteiger partial charge on any atom is -0.452 e. The topological polar surface area (TPSA) is 79.2 Å². The van der Waals surface area contributed by atoms with Crippen molar-refractivity contribution in [3.63, 3.8) is 0 Å². The first-order valence-electron chi connectivity index (χ1n) is 7.86. The minimum absolute atomic E-state index is 0.210. The summed E-state index contributed by atoms with van der Waals surface area (Å²) in [4.78, 5) is 25.2. The lowest BCUT2D eigenvalue weighted by Crippen LogP contribution is -2.21. The van der Waals surface area contributed by atoms with Crippen LogP contribution >= 0.6 is 22.9 Å². The lowest BCUT2D eigenvalue weighted by atomic mass is 9.96. The molecule has 128 valence electrons. The fraction of sp³-hybridized carbons (Fsp3) is 0.278. The number of hydrogen-bond acceptors (Lipinski definition) is 5. The van der Waals surface area contributed by atoms with Crippen molar-refractivity contribution in [2.75, 3.05) is 11.9 Å². The van der Waals surface area contributed by atoms with E-state index >= 15 is 0 Å². The van der Waals surface area contributed by atoms with Gasteiger partial charge in [0.05, 0.1) is 16.1 Å². The summed E-state index contributed by atoms with van der Waals surface area (Å²) in [6, 6.07) is 8.65. The van der Waals surface area contributed by atoms with Crippen LogP contribution in [-0.2, 0) is 22.4 Å². The van der Waals surface area contributed by atoms with E-state index in [9.17, 15) is 14.9 Å². The van der Waals surface area contributed by atoms with Crippen molar-refractivity contribution in [2.24, 2.45) is 0 Å². The first kappa shape index (κ1) is 17.5. The van der Waals surface area contributed by atoms with Crippen molar-refractivity contribution in [3.8, 4) is 6.07 Å². The molecule has 3 rings (SSSR count). The number of anilines is 1. The standard InChI is InChI=1S/C18H15ClN2O3S/c19-14-7-3-1-6-12(14)18(23)24-10-16(22)21-17-13(9-20)11-5-2-4-8-15(11)25-17/h1,3,6-7H,2,4-5,8,10H2,(H,21,22). The molecular formula is C18H15ClN2O3S. The Morgan fingerprint density at radius 3 is 2.80 bits per heavy atom. The molecule has 0 aliphatic heterocycles. The third kappa shape index (κ3) is 3.84. The molecule has 25 heavy (non-hydrogen) atoms. The molecule has 1 aliphatic rings. The van der Waals surface area contributed by atoms with Crippen molar-refractivity contribution >= 4 is 39.8 Å². The van der Waals surface area contributed by atoms with Crippen molar-refractivity contribution in [2.45, 2.75) is 25.7 Å². The van der Waals surface area contributed by atoms with Gasteiger partial charge in [0.2, 0.25) is 0 Å². The number of aryl methyl sites for hydroxylation is 1. The van der Waals surface area contributed by atoms with Gasteiger partial charge in [0.25, 0.3) is 5.91 Å². The summed E-state index contributed by atoms with van der Waals surface area (Å²) >= 11 is 7.36. The molecule has 1 aromatic heterocycles. The molecule has 0 saturated heterocycles. The summed E-state index contributed by atoms with van der Waals surface area (Å²) in [6.07, 6.45) is 3.96. The second-order valence-electron chi connectivity index (χ2n) is 5.63. The predicted molar refractivity (Wildman–Crippen MR) is 96.0 cm³/mol. The molecule has 5 nitrogen and oxygen atoms in total. The van der Waals surface area contributed by atoms with Crippen molar-refractivity contribution < 1.29 is 14.3 Å². The maximum absolute atomic E-state index is 12.1. The number of esters is 1. The molecule has 1 N–H and O–H groups in total. The van der Waals surface area contributed by atoms with Gasteiger partial charge in [0.1, 0.15) is 11.1 Å². The second kappa shape index (κ2) is 7.68. The monoisotopic (exact) mass is 374 g/mol. The summed E-state index contributed by atoms with van der Waals surface area (Å²) in [5.74, 6) is -1.14. The summed E-state index contributed by atoms with van der Waals surface area (Å²) in [7, 11) is 0. The van der Waals surface area contributed by atoms with E-state index < -0.39 is 18.5 Å². The zero-order valence-electron chi connectivity index (χ0n) is 13.3. The zero-order valence-corrected chi connectivity index (χ0v) is 14.9.